The van der Waals surface area contributed by atoms with Gasteiger partial charge >= 0.3 is 0 Å². The normalized spacial score (nSPS) is 35.8. The number of hydrogen-bond donors (Lipinski definition) is 2. The number of amidine groups is 1. The van der Waals surface area contributed by atoms with Crippen molar-refractivity contribution in [2.45, 2.75) is 58.3 Å². The van der Waals surface area contributed by atoms with Gasteiger partial charge in [-0.1, -0.05) is 24.9 Å². The molecule has 0 unspecified atom stereocenters. The van der Waals surface area contributed by atoms with Crippen LogP contribution in [0.4, 0.5) is 0 Å². The fourth-order valence-corrected chi connectivity index (χ4v) is 4.83. The van der Waals surface area contributed by atoms with E-state index in [9.17, 15) is 4.79 Å². The van der Waals surface area contributed by atoms with Crippen LogP contribution in [0.3, 0.4) is 0 Å². The van der Waals surface area contributed by atoms with Gasteiger partial charge in [0.2, 0.25) is 5.91 Å². The van der Waals surface area contributed by atoms with Gasteiger partial charge in [0.1, 0.15) is 5.41 Å². The smallest absolute Gasteiger partial charge is 0.236 e. The Kier molecular flexibility index (Phi) is 3.62. The maximum Gasteiger partial charge on any atom is 0.236 e. The zero-order valence-electron chi connectivity index (χ0n) is 13.0. The van der Waals surface area contributed by atoms with Crippen LogP contribution in [0.25, 0.3) is 0 Å². The first-order valence-corrected chi connectivity index (χ1v) is 8.29. The van der Waals surface area contributed by atoms with Crippen LogP contribution < -0.4 is 5.73 Å². The standard InChI is InChI=1S/C16H27N3O2/c1-12-10-16(11-12,13(17)18-21)14(20)19-8-6-15(7-9-19)4-2-3-5-15/h12,21H,2-11H2,1H3,(H2,17,18). The van der Waals surface area contributed by atoms with E-state index in [4.69, 9.17) is 10.9 Å². The van der Waals surface area contributed by atoms with E-state index < -0.39 is 5.41 Å². The zero-order valence-corrected chi connectivity index (χ0v) is 13.0. The summed E-state index contributed by atoms with van der Waals surface area (Å²) in [5, 5.41) is 12.2. The lowest BCUT2D eigenvalue weighted by Gasteiger charge is -2.48. The molecule has 3 fully saturated rings. The lowest BCUT2D eigenvalue weighted by atomic mass is 9.60. The molecule has 5 nitrogen and oxygen atoms in total. The lowest BCUT2D eigenvalue weighted by Crippen LogP contribution is -2.59. The van der Waals surface area contributed by atoms with Crippen molar-refractivity contribution < 1.29 is 10.0 Å². The second kappa shape index (κ2) is 5.18. The topological polar surface area (TPSA) is 78.9 Å². The van der Waals surface area contributed by atoms with Crippen LogP contribution in [0.1, 0.15) is 58.3 Å². The van der Waals surface area contributed by atoms with Crippen LogP contribution in [0.2, 0.25) is 0 Å². The minimum Gasteiger partial charge on any atom is -0.409 e. The summed E-state index contributed by atoms with van der Waals surface area (Å²) < 4.78 is 0. The van der Waals surface area contributed by atoms with E-state index in [2.05, 4.69) is 12.1 Å². The third-order valence-electron chi connectivity index (χ3n) is 6.18. The Morgan fingerprint density at radius 2 is 1.76 bits per heavy atom. The van der Waals surface area contributed by atoms with Crippen LogP contribution >= 0.6 is 0 Å². The second-order valence-corrected chi connectivity index (χ2v) is 7.58. The summed E-state index contributed by atoms with van der Waals surface area (Å²) in [6, 6.07) is 0. The zero-order chi connectivity index (χ0) is 15.1. The molecule has 2 saturated carbocycles. The Bertz CT molecular complexity index is 438. The number of likely N-dealkylation sites (tertiary alicyclic amines) is 1. The Morgan fingerprint density at radius 3 is 2.24 bits per heavy atom. The number of rotatable bonds is 2. The van der Waals surface area contributed by atoms with Crippen molar-refractivity contribution in [3.05, 3.63) is 0 Å². The van der Waals surface area contributed by atoms with Gasteiger partial charge in [0.25, 0.3) is 0 Å². The lowest BCUT2D eigenvalue weighted by molar-refractivity contribution is -0.146. The summed E-state index contributed by atoms with van der Waals surface area (Å²) >= 11 is 0. The molecule has 0 bridgehead atoms. The predicted molar refractivity (Wildman–Crippen MR) is 81.0 cm³/mol. The van der Waals surface area contributed by atoms with Gasteiger partial charge < -0.3 is 15.8 Å². The van der Waals surface area contributed by atoms with Crippen molar-refractivity contribution in [1.29, 1.82) is 0 Å². The van der Waals surface area contributed by atoms with Crippen molar-refractivity contribution in [2.75, 3.05) is 13.1 Å². The van der Waals surface area contributed by atoms with E-state index in [1.54, 1.807) is 0 Å². The van der Waals surface area contributed by atoms with Gasteiger partial charge in [-0.15, -0.1) is 0 Å². The maximum absolute atomic E-state index is 12.9. The molecule has 1 amide bonds. The van der Waals surface area contributed by atoms with Gasteiger partial charge in [-0.05, 0) is 49.9 Å². The minimum atomic E-state index is -0.728. The summed E-state index contributed by atoms with van der Waals surface area (Å²) in [5.74, 6) is 0.663. The number of oxime groups is 1. The molecule has 3 N–H and O–H groups in total. The van der Waals surface area contributed by atoms with Gasteiger partial charge in [0.05, 0.1) is 0 Å². The van der Waals surface area contributed by atoms with Gasteiger partial charge in [-0.25, -0.2) is 0 Å². The molecule has 118 valence electrons. The SMILES string of the molecule is CC1CC(C(=O)N2CCC3(CCCC3)CC2)(C(N)=NO)C1. The summed E-state index contributed by atoms with van der Waals surface area (Å²) in [7, 11) is 0. The molecule has 0 aromatic heterocycles. The average Bonchev–Trinajstić information content (AvgIpc) is 2.91. The number of carbonyl (C=O) groups excluding carboxylic acids is 1. The number of nitrogens with zero attached hydrogens (tertiary/aromatic N) is 2. The number of carbonyl (C=O) groups is 1. The molecule has 21 heavy (non-hydrogen) atoms. The highest BCUT2D eigenvalue weighted by Gasteiger charge is 2.54. The molecular weight excluding hydrogens is 266 g/mol. The van der Waals surface area contributed by atoms with Crippen LogP contribution in [-0.4, -0.2) is 34.9 Å². The van der Waals surface area contributed by atoms with E-state index in [0.717, 1.165) is 25.9 Å². The maximum atomic E-state index is 12.9. The van der Waals surface area contributed by atoms with Crippen molar-refractivity contribution in [3.8, 4) is 0 Å². The van der Waals surface area contributed by atoms with Crippen molar-refractivity contribution in [3.63, 3.8) is 0 Å². The Morgan fingerprint density at radius 1 is 1.19 bits per heavy atom. The minimum absolute atomic E-state index is 0.0868. The fraction of sp³-hybridized carbons (Fsp3) is 0.875. The molecule has 3 rings (SSSR count). The van der Waals surface area contributed by atoms with Crippen LogP contribution in [0, 0.1) is 16.7 Å². The second-order valence-electron chi connectivity index (χ2n) is 7.58. The third-order valence-corrected chi connectivity index (χ3v) is 6.18. The highest BCUT2D eigenvalue weighted by molar-refractivity contribution is 6.07. The van der Waals surface area contributed by atoms with Gasteiger partial charge in [0, 0.05) is 13.1 Å². The highest BCUT2D eigenvalue weighted by Crippen LogP contribution is 2.50. The molecule has 1 aliphatic heterocycles. The molecule has 0 aromatic rings. The third kappa shape index (κ3) is 2.30. The Labute approximate surface area is 126 Å². The first-order chi connectivity index (χ1) is 10.0. The van der Waals surface area contributed by atoms with E-state index >= 15 is 0 Å². The molecule has 1 heterocycles. The van der Waals surface area contributed by atoms with Crippen LogP contribution in [-0.2, 0) is 4.79 Å². The molecule has 2 aliphatic carbocycles. The number of amides is 1. The molecule has 0 radical (unpaired) electrons. The fourth-order valence-electron chi connectivity index (χ4n) is 4.83. The summed E-state index contributed by atoms with van der Waals surface area (Å²) in [6.45, 7) is 3.79. The van der Waals surface area contributed by atoms with Crippen molar-refractivity contribution >= 4 is 11.7 Å². The highest BCUT2D eigenvalue weighted by atomic mass is 16.4. The molecule has 3 aliphatic rings. The van der Waals surface area contributed by atoms with E-state index in [1.165, 1.54) is 25.7 Å². The van der Waals surface area contributed by atoms with E-state index in [0.29, 0.717) is 24.2 Å². The monoisotopic (exact) mass is 293 g/mol. The van der Waals surface area contributed by atoms with Crippen LogP contribution in [0.15, 0.2) is 5.16 Å². The van der Waals surface area contributed by atoms with Gasteiger partial charge in [-0.2, -0.15) is 0 Å². The molecule has 5 heteroatoms. The summed E-state index contributed by atoms with van der Waals surface area (Å²) in [4.78, 5) is 14.9. The quantitative estimate of drug-likeness (QED) is 0.355. The number of hydrogen-bond acceptors (Lipinski definition) is 3. The van der Waals surface area contributed by atoms with Gasteiger partial charge in [-0.3, -0.25) is 4.79 Å². The molecular formula is C16H27N3O2. The largest absolute Gasteiger partial charge is 0.409 e. The average molecular weight is 293 g/mol. The molecule has 0 atom stereocenters. The number of nitrogens with two attached hydrogens (primary N) is 1. The first-order valence-electron chi connectivity index (χ1n) is 8.29. The number of piperidine rings is 1. The summed E-state index contributed by atoms with van der Waals surface area (Å²) in [6.07, 6.45) is 9.03. The molecule has 1 saturated heterocycles. The Hall–Kier alpha value is -1.26. The van der Waals surface area contributed by atoms with Crippen molar-refractivity contribution in [1.82, 2.24) is 4.90 Å². The van der Waals surface area contributed by atoms with Crippen LogP contribution in [0.5, 0.6) is 0 Å². The molecule has 0 aromatic carbocycles. The summed E-state index contributed by atoms with van der Waals surface area (Å²) in [5.41, 5.74) is 5.63. The molecule has 1 spiro atoms. The van der Waals surface area contributed by atoms with Gasteiger partial charge in [0.15, 0.2) is 5.84 Å². The first kappa shape index (κ1) is 14.7. The van der Waals surface area contributed by atoms with Crippen molar-refractivity contribution in [2.24, 2.45) is 27.6 Å². The van der Waals surface area contributed by atoms with E-state index in [1.807, 2.05) is 4.90 Å². The predicted octanol–water partition coefficient (Wildman–Crippen LogP) is 2.33. The van der Waals surface area contributed by atoms with E-state index in [-0.39, 0.29) is 11.7 Å². The Balaban J connectivity index is 1.68.